The van der Waals surface area contributed by atoms with Crippen LogP contribution in [0.3, 0.4) is 0 Å². The summed E-state index contributed by atoms with van der Waals surface area (Å²) in [5, 5.41) is 14.7. The van der Waals surface area contributed by atoms with Gasteiger partial charge < -0.3 is 20.5 Å². The molecular weight excluding hydrogens is 444 g/mol. The number of hydrogen-bond donors (Lipinski definition) is 3. The van der Waals surface area contributed by atoms with Crippen molar-refractivity contribution in [3.8, 4) is 11.1 Å². The fraction of sp³-hybridized carbons (Fsp3) is 0.464. The molecule has 7 nitrogen and oxygen atoms in total. The molecule has 0 saturated heterocycles. The third kappa shape index (κ3) is 6.02. The molecule has 0 aromatic heterocycles. The quantitative estimate of drug-likeness (QED) is 0.485. The van der Waals surface area contributed by atoms with Crippen molar-refractivity contribution < 1.29 is 24.2 Å². The van der Waals surface area contributed by atoms with Crippen LogP contribution in [0.5, 0.6) is 0 Å². The van der Waals surface area contributed by atoms with Crippen molar-refractivity contribution in [2.45, 2.75) is 57.4 Å². The minimum absolute atomic E-state index is 0.0258. The number of carbonyl (C=O) groups excluding carboxylic acids is 2. The summed E-state index contributed by atoms with van der Waals surface area (Å²) in [6.07, 6.45) is 4.81. The van der Waals surface area contributed by atoms with Crippen LogP contribution in [-0.4, -0.2) is 42.3 Å². The SMILES string of the molecule is CC(CNC(=O)CC(NC(=O)OCC1c2ccccc2-c2ccccc21)C1CCCCC1)C(=O)O. The maximum absolute atomic E-state index is 12.9. The van der Waals surface area contributed by atoms with E-state index >= 15 is 0 Å². The number of benzene rings is 2. The molecule has 0 bridgehead atoms. The van der Waals surface area contributed by atoms with E-state index in [9.17, 15) is 14.4 Å². The van der Waals surface area contributed by atoms with Gasteiger partial charge in [0, 0.05) is 24.9 Å². The molecule has 2 amide bonds. The maximum atomic E-state index is 12.9. The summed E-state index contributed by atoms with van der Waals surface area (Å²) in [6.45, 7) is 1.84. The molecule has 7 heteroatoms. The molecule has 2 aromatic rings. The normalized spacial score (nSPS) is 17.1. The lowest BCUT2D eigenvalue weighted by Crippen LogP contribution is -2.45. The molecule has 3 N–H and O–H groups in total. The first-order valence-corrected chi connectivity index (χ1v) is 12.5. The fourth-order valence-electron chi connectivity index (χ4n) is 5.29. The smallest absolute Gasteiger partial charge is 0.407 e. The van der Waals surface area contributed by atoms with Gasteiger partial charge in [-0.25, -0.2) is 4.79 Å². The number of aliphatic carboxylic acids is 1. The van der Waals surface area contributed by atoms with Crippen molar-refractivity contribution in [2.75, 3.05) is 13.2 Å². The van der Waals surface area contributed by atoms with Gasteiger partial charge in [0.25, 0.3) is 0 Å². The third-order valence-corrected chi connectivity index (χ3v) is 7.30. The van der Waals surface area contributed by atoms with Crippen LogP contribution in [-0.2, 0) is 14.3 Å². The number of alkyl carbamates (subject to hydrolysis) is 1. The van der Waals surface area contributed by atoms with Gasteiger partial charge in [0.05, 0.1) is 5.92 Å². The number of rotatable bonds is 9. The molecule has 0 heterocycles. The molecular formula is C28H34N2O5. The molecule has 2 aromatic carbocycles. The predicted octanol–water partition coefficient (Wildman–Crippen LogP) is 4.70. The Kier molecular flexibility index (Phi) is 8.06. The zero-order valence-electron chi connectivity index (χ0n) is 20.2. The highest BCUT2D eigenvalue weighted by Crippen LogP contribution is 2.44. The van der Waals surface area contributed by atoms with E-state index in [0.29, 0.717) is 0 Å². The highest BCUT2D eigenvalue weighted by atomic mass is 16.5. The Labute approximate surface area is 206 Å². The largest absolute Gasteiger partial charge is 0.481 e. The van der Waals surface area contributed by atoms with Crippen molar-refractivity contribution in [3.63, 3.8) is 0 Å². The standard InChI is InChI=1S/C28H34N2O5/c1-18(27(32)33)16-29-26(31)15-25(19-9-3-2-4-10-19)30-28(34)35-17-24-22-13-7-5-11-20(22)21-12-6-8-14-23(21)24/h5-8,11-14,18-19,24-25H,2-4,9-10,15-17H2,1H3,(H,29,31)(H,30,34)(H,32,33). The van der Waals surface area contributed by atoms with Crippen molar-refractivity contribution in [3.05, 3.63) is 59.7 Å². The van der Waals surface area contributed by atoms with Crippen LogP contribution in [0.15, 0.2) is 48.5 Å². The van der Waals surface area contributed by atoms with E-state index in [1.807, 2.05) is 24.3 Å². The number of carboxylic acid groups (broad SMARTS) is 1. The molecule has 186 valence electrons. The van der Waals surface area contributed by atoms with Crippen molar-refractivity contribution in [1.29, 1.82) is 0 Å². The minimum atomic E-state index is -0.953. The van der Waals surface area contributed by atoms with Gasteiger partial charge in [-0.3, -0.25) is 9.59 Å². The topological polar surface area (TPSA) is 105 Å². The van der Waals surface area contributed by atoms with Crippen LogP contribution < -0.4 is 10.6 Å². The summed E-state index contributed by atoms with van der Waals surface area (Å²) in [6, 6.07) is 16.0. The number of carboxylic acids is 1. The van der Waals surface area contributed by atoms with Crippen LogP contribution in [0.1, 0.15) is 62.5 Å². The molecule has 1 saturated carbocycles. The van der Waals surface area contributed by atoms with Gasteiger partial charge in [0.2, 0.25) is 5.91 Å². The molecule has 2 unspecified atom stereocenters. The molecule has 2 atom stereocenters. The van der Waals surface area contributed by atoms with E-state index in [4.69, 9.17) is 9.84 Å². The van der Waals surface area contributed by atoms with E-state index < -0.39 is 18.0 Å². The van der Waals surface area contributed by atoms with Gasteiger partial charge in [0.1, 0.15) is 6.61 Å². The number of hydrogen-bond acceptors (Lipinski definition) is 4. The molecule has 0 aliphatic heterocycles. The van der Waals surface area contributed by atoms with Gasteiger partial charge in [-0.2, -0.15) is 0 Å². The monoisotopic (exact) mass is 478 g/mol. The van der Waals surface area contributed by atoms with E-state index in [1.54, 1.807) is 6.92 Å². The Bertz CT molecular complexity index is 1020. The Balaban J connectivity index is 1.38. The Morgan fingerprint density at radius 1 is 0.971 bits per heavy atom. The Hall–Kier alpha value is -3.35. The third-order valence-electron chi connectivity index (χ3n) is 7.30. The van der Waals surface area contributed by atoms with Gasteiger partial charge in [0.15, 0.2) is 0 Å². The summed E-state index contributed by atoms with van der Waals surface area (Å²) in [7, 11) is 0. The molecule has 2 aliphatic rings. The molecule has 2 aliphatic carbocycles. The average Bonchev–Trinajstić information content (AvgIpc) is 3.19. The van der Waals surface area contributed by atoms with Crippen LogP contribution >= 0.6 is 0 Å². The number of nitrogens with one attached hydrogen (secondary N) is 2. The van der Waals surface area contributed by atoms with Crippen LogP contribution in [0.2, 0.25) is 0 Å². The number of amides is 2. The summed E-state index contributed by atoms with van der Waals surface area (Å²) in [5.41, 5.74) is 4.64. The second-order valence-electron chi connectivity index (χ2n) is 9.72. The second kappa shape index (κ2) is 11.4. The van der Waals surface area contributed by atoms with Crippen LogP contribution in [0.25, 0.3) is 11.1 Å². The number of fused-ring (bicyclic) bond motifs is 3. The first-order chi connectivity index (χ1) is 16.9. The van der Waals surface area contributed by atoms with Crippen LogP contribution in [0.4, 0.5) is 4.79 Å². The van der Waals surface area contributed by atoms with Crippen molar-refractivity contribution in [2.24, 2.45) is 11.8 Å². The second-order valence-corrected chi connectivity index (χ2v) is 9.72. The fourth-order valence-corrected chi connectivity index (χ4v) is 5.29. The lowest BCUT2D eigenvalue weighted by atomic mass is 9.82. The maximum Gasteiger partial charge on any atom is 0.407 e. The van der Waals surface area contributed by atoms with Crippen molar-refractivity contribution >= 4 is 18.0 Å². The molecule has 4 rings (SSSR count). The van der Waals surface area contributed by atoms with Gasteiger partial charge >= 0.3 is 12.1 Å². The van der Waals surface area contributed by atoms with Gasteiger partial charge in [-0.05, 0) is 41.0 Å². The summed E-state index contributed by atoms with van der Waals surface area (Å²) in [5.74, 6) is -1.70. The Morgan fingerprint density at radius 3 is 2.17 bits per heavy atom. The molecule has 0 radical (unpaired) electrons. The summed E-state index contributed by atoms with van der Waals surface area (Å²) < 4.78 is 5.71. The molecule has 1 fully saturated rings. The summed E-state index contributed by atoms with van der Waals surface area (Å²) in [4.78, 5) is 36.5. The summed E-state index contributed by atoms with van der Waals surface area (Å²) >= 11 is 0. The number of carbonyl (C=O) groups is 3. The zero-order valence-corrected chi connectivity index (χ0v) is 20.2. The van der Waals surface area contributed by atoms with E-state index in [1.165, 1.54) is 11.1 Å². The Morgan fingerprint density at radius 2 is 1.57 bits per heavy atom. The highest BCUT2D eigenvalue weighted by Gasteiger charge is 2.31. The zero-order chi connectivity index (χ0) is 24.8. The molecule has 35 heavy (non-hydrogen) atoms. The number of ether oxygens (including phenoxy) is 1. The van der Waals surface area contributed by atoms with E-state index in [2.05, 4.69) is 34.9 Å². The molecule has 0 spiro atoms. The van der Waals surface area contributed by atoms with E-state index in [-0.39, 0.29) is 43.4 Å². The lowest BCUT2D eigenvalue weighted by molar-refractivity contribution is -0.141. The predicted molar refractivity (Wildman–Crippen MR) is 133 cm³/mol. The first kappa shape index (κ1) is 24.8. The lowest BCUT2D eigenvalue weighted by Gasteiger charge is -2.30. The minimum Gasteiger partial charge on any atom is -0.481 e. The van der Waals surface area contributed by atoms with E-state index in [0.717, 1.165) is 43.2 Å². The average molecular weight is 479 g/mol. The van der Waals surface area contributed by atoms with Crippen molar-refractivity contribution in [1.82, 2.24) is 10.6 Å². The van der Waals surface area contributed by atoms with Gasteiger partial charge in [-0.1, -0.05) is 74.7 Å². The van der Waals surface area contributed by atoms with Crippen LogP contribution in [0, 0.1) is 11.8 Å². The highest BCUT2D eigenvalue weighted by molar-refractivity contribution is 5.80. The first-order valence-electron chi connectivity index (χ1n) is 12.5. The van der Waals surface area contributed by atoms with Gasteiger partial charge in [-0.15, -0.1) is 0 Å².